The summed E-state index contributed by atoms with van der Waals surface area (Å²) in [6.45, 7) is 5.79. The molecule has 0 bridgehead atoms. The smallest absolute Gasteiger partial charge is 0.271 e. The zero-order valence-corrected chi connectivity index (χ0v) is 16.5. The molecule has 0 radical (unpaired) electrons. The number of ether oxygens (including phenoxy) is 1. The predicted octanol–water partition coefficient (Wildman–Crippen LogP) is 3.78. The van der Waals surface area contributed by atoms with E-state index in [1.165, 1.54) is 36.4 Å². The van der Waals surface area contributed by atoms with Crippen molar-refractivity contribution in [1.29, 1.82) is 0 Å². The molecule has 0 fully saturated rings. The molecule has 29 heavy (non-hydrogen) atoms. The Bertz CT molecular complexity index is 1080. The number of carbonyl (C=O) groups excluding carboxylic acids is 1. The maximum absolute atomic E-state index is 13.1. The van der Waals surface area contributed by atoms with Crippen molar-refractivity contribution in [2.75, 3.05) is 5.32 Å². The third-order valence-corrected chi connectivity index (χ3v) is 4.55. The first-order valence-electron chi connectivity index (χ1n) is 9.28. The molecule has 2 aromatic carbocycles. The first kappa shape index (κ1) is 20.3. The van der Waals surface area contributed by atoms with E-state index in [0.29, 0.717) is 17.8 Å². The average Bonchev–Trinajstić information content (AvgIpc) is 2.70. The second kappa shape index (κ2) is 8.68. The van der Waals surface area contributed by atoms with Gasteiger partial charge in [0.15, 0.2) is 6.10 Å². The summed E-state index contributed by atoms with van der Waals surface area (Å²) in [5.74, 6) is -0.601. The number of halogens is 1. The van der Waals surface area contributed by atoms with E-state index in [2.05, 4.69) is 10.4 Å². The van der Waals surface area contributed by atoms with Gasteiger partial charge in [-0.05, 0) is 67.8 Å². The first-order chi connectivity index (χ1) is 13.9. The van der Waals surface area contributed by atoms with E-state index in [1.54, 1.807) is 0 Å². The maximum Gasteiger partial charge on any atom is 0.271 e. The van der Waals surface area contributed by atoms with E-state index in [9.17, 15) is 14.0 Å². The number of nitrogens with one attached hydrogen (secondary N) is 1. The lowest BCUT2D eigenvalue weighted by Crippen LogP contribution is -2.33. The van der Waals surface area contributed by atoms with E-state index >= 15 is 0 Å². The van der Waals surface area contributed by atoms with Crippen molar-refractivity contribution in [3.63, 3.8) is 0 Å². The Labute approximate surface area is 168 Å². The summed E-state index contributed by atoms with van der Waals surface area (Å²) < 4.78 is 20.0. The molecular formula is C22H22FN3O3. The van der Waals surface area contributed by atoms with Gasteiger partial charge in [-0.15, -0.1) is 5.10 Å². The quantitative estimate of drug-likeness (QED) is 0.689. The number of anilines is 1. The summed E-state index contributed by atoms with van der Waals surface area (Å²) in [5, 5.41) is 7.00. The molecule has 6 nitrogen and oxygen atoms in total. The van der Waals surface area contributed by atoms with Crippen LogP contribution in [0.3, 0.4) is 0 Å². The van der Waals surface area contributed by atoms with Crippen LogP contribution in [0.5, 0.6) is 5.88 Å². The fourth-order valence-corrected chi connectivity index (χ4v) is 2.73. The lowest BCUT2D eigenvalue weighted by atomic mass is 10.1. The summed E-state index contributed by atoms with van der Waals surface area (Å²) in [4.78, 5) is 24.7. The Morgan fingerprint density at radius 3 is 2.48 bits per heavy atom. The van der Waals surface area contributed by atoms with Gasteiger partial charge in [-0.25, -0.2) is 4.39 Å². The van der Waals surface area contributed by atoms with Crippen molar-refractivity contribution in [3.8, 4) is 11.6 Å². The van der Waals surface area contributed by atoms with Crippen LogP contribution in [-0.2, 0) is 4.79 Å². The van der Waals surface area contributed by atoms with Crippen LogP contribution in [0.2, 0.25) is 0 Å². The molecule has 0 aliphatic carbocycles. The van der Waals surface area contributed by atoms with Crippen molar-refractivity contribution in [2.24, 2.45) is 0 Å². The van der Waals surface area contributed by atoms with Gasteiger partial charge < -0.3 is 10.1 Å². The maximum atomic E-state index is 13.1. The van der Waals surface area contributed by atoms with Crippen molar-refractivity contribution in [1.82, 2.24) is 9.78 Å². The van der Waals surface area contributed by atoms with Crippen molar-refractivity contribution in [3.05, 3.63) is 81.9 Å². The SMILES string of the molecule is CC[C@H](Oc1ccc(=O)n(-c2ccc(F)cc2)n1)C(=O)Nc1ccc(C)c(C)c1. The minimum Gasteiger partial charge on any atom is -0.463 e. The third-order valence-electron chi connectivity index (χ3n) is 4.55. The zero-order valence-electron chi connectivity index (χ0n) is 16.5. The third kappa shape index (κ3) is 4.87. The lowest BCUT2D eigenvalue weighted by Gasteiger charge is -2.17. The van der Waals surface area contributed by atoms with Crippen LogP contribution in [0.15, 0.2) is 59.4 Å². The highest BCUT2D eigenvalue weighted by atomic mass is 19.1. The summed E-state index contributed by atoms with van der Waals surface area (Å²) in [7, 11) is 0. The van der Waals surface area contributed by atoms with Gasteiger partial charge in [0.05, 0.1) is 5.69 Å². The molecule has 1 amide bonds. The lowest BCUT2D eigenvalue weighted by molar-refractivity contribution is -0.123. The van der Waals surface area contributed by atoms with Gasteiger partial charge in [0, 0.05) is 17.8 Å². The normalized spacial score (nSPS) is 11.7. The predicted molar refractivity (Wildman–Crippen MR) is 109 cm³/mol. The molecule has 1 N–H and O–H groups in total. The Hall–Kier alpha value is -3.48. The van der Waals surface area contributed by atoms with Gasteiger partial charge in [0.1, 0.15) is 5.82 Å². The second-order valence-corrected chi connectivity index (χ2v) is 6.70. The molecule has 7 heteroatoms. The summed E-state index contributed by atoms with van der Waals surface area (Å²) >= 11 is 0. The molecule has 1 aromatic heterocycles. The summed E-state index contributed by atoms with van der Waals surface area (Å²) in [6.07, 6.45) is -0.378. The van der Waals surface area contributed by atoms with E-state index in [4.69, 9.17) is 4.74 Å². The largest absolute Gasteiger partial charge is 0.463 e. The molecule has 0 aliphatic heterocycles. The number of nitrogens with zero attached hydrogens (tertiary/aromatic N) is 2. The molecule has 1 atom stereocenters. The van der Waals surface area contributed by atoms with E-state index in [0.717, 1.165) is 15.8 Å². The Morgan fingerprint density at radius 2 is 1.83 bits per heavy atom. The minimum atomic E-state index is -0.789. The topological polar surface area (TPSA) is 73.2 Å². The van der Waals surface area contributed by atoms with Crippen LogP contribution in [0.25, 0.3) is 5.69 Å². The fraction of sp³-hybridized carbons (Fsp3) is 0.227. The number of hydrogen-bond acceptors (Lipinski definition) is 4. The van der Waals surface area contributed by atoms with Crippen LogP contribution in [0.4, 0.5) is 10.1 Å². The van der Waals surface area contributed by atoms with E-state index in [-0.39, 0.29) is 11.8 Å². The van der Waals surface area contributed by atoms with Crippen LogP contribution in [0, 0.1) is 19.7 Å². The molecule has 0 aliphatic rings. The number of rotatable bonds is 6. The molecule has 0 saturated heterocycles. The van der Waals surface area contributed by atoms with Gasteiger partial charge in [-0.3, -0.25) is 9.59 Å². The second-order valence-electron chi connectivity index (χ2n) is 6.70. The molecule has 1 heterocycles. The minimum absolute atomic E-state index is 0.121. The summed E-state index contributed by atoms with van der Waals surface area (Å²) in [6, 6.07) is 13.7. The van der Waals surface area contributed by atoms with Crippen LogP contribution in [0.1, 0.15) is 24.5 Å². The highest BCUT2D eigenvalue weighted by molar-refractivity contribution is 5.94. The number of benzene rings is 2. The van der Waals surface area contributed by atoms with Gasteiger partial charge >= 0.3 is 0 Å². The van der Waals surface area contributed by atoms with Crippen LogP contribution >= 0.6 is 0 Å². The molecular weight excluding hydrogens is 373 g/mol. The number of amides is 1. The van der Waals surface area contributed by atoms with Crippen molar-refractivity contribution >= 4 is 11.6 Å². The molecule has 0 spiro atoms. The molecule has 3 rings (SSSR count). The molecule has 150 valence electrons. The van der Waals surface area contributed by atoms with E-state index < -0.39 is 17.5 Å². The number of aromatic nitrogens is 2. The molecule has 0 unspecified atom stereocenters. The van der Waals surface area contributed by atoms with Gasteiger partial charge in [-0.2, -0.15) is 4.68 Å². The van der Waals surface area contributed by atoms with Gasteiger partial charge in [0.25, 0.3) is 11.5 Å². The average molecular weight is 395 g/mol. The summed E-state index contributed by atoms with van der Waals surface area (Å²) in [5.41, 5.74) is 2.90. The van der Waals surface area contributed by atoms with Crippen molar-refractivity contribution < 1.29 is 13.9 Å². The molecule has 3 aromatic rings. The van der Waals surface area contributed by atoms with Crippen LogP contribution < -0.4 is 15.6 Å². The Morgan fingerprint density at radius 1 is 1.10 bits per heavy atom. The van der Waals surface area contributed by atoms with Crippen LogP contribution in [-0.4, -0.2) is 21.8 Å². The highest BCUT2D eigenvalue weighted by Crippen LogP contribution is 2.16. The number of carbonyl (C=O) groups is 1. The van der Waals surface area contributed by atoms with E-state index in [1.807, 2.05) is 39.0 Å². The molecule has 0 saturated carbocycles. The standard InChI is InChI=1S/C22H22FN3O3/c1-4-19(22(28)24-17-8-5-14(2)15(3)13-17)29-20-11-12-21(27)26(25-20)18-9-6-16(23)7-10-18/h5-13,19H,4H2,1-3H3,(H,24,28)/t19-/m0/s1. The first-order valence-corrected chi connectivity index (χ1v) is 9.28. The zero-order chi connectivity index (χ0) is 21.0. The van der Waals surface area contributed by atoms with Gasteiger partial charge in [0.2, 0.25) is 5.88 Å². The van der Waals surface area contributed by atoms with Gasteiger partial charge in [-0.1, -0.05) is 13.0 Å². The Kier molecular flexibility index (Phi) is 6.07. The number of hydrogen-bond donors (Lipinski definition) is 1. The Balaban J connectivity index is 1.78. The monoisotopic (exact) mass is 395 g/mol. The number of aryl methyl sites for hydroxylation is 2. The highest BCUT2D eigenvalue weighted by Gasteiger charge is 2.20. The fourth-order valence-electron chi connectivity index (χ4n) is 2.73. The van der Waals surface area contributed by atoms with Crippen molar-refractivity contribution in [2.45, 2.75) is 33.3 Å².